The van der Waals surface area contributed by atoms with Gasteiger partial charge in [-0.2, -0.15) is 0 Å². The van der Waals surface area contributed by atoms with Crippen LogP contribution in [-0.4, -0.2) is 28.7 Å². The van der Waals surface area contributed by atoms with Crippen LogP contribution in [0.15, 0.2) is 42.5 Å². The van der Waals surface area contributed by atoms with Gasteiger partial charge in [0.25, 0.3) is 11.8 Å². The summed E-state index contributed by atoms with van der Waals surface area (Å²) in [4.78, 5) is 37.7. The number of rotatable bonds is 3. The molecule has 1 unspecified atom stereocenters. The number of amides is 3. The van der Waals surface area contributed by atoms with Gasteiger partial charge >= 0.3 is 0 Å². The third-order valence-corrected chi connectivity index (χ3v) is 3.80. The Morgan fingerprint density at radius 1 is 0.958 bits per heavy atom. The van der Waals surface area contributed by atoms with Crippen molar-refractivity contribution in [2.45, 2.75) is 13.0 Å². The highest BCUT2D eigenvalue weighted by molar-refractivity contribution is 6.23. The molecular formula is C17H12F2N2O3. The molecule has 1 atom stereocenters. The molecule has 3 amide bonds. The van der Waals surface area contributed by atoms with Crippen LogP contribution >= 0.6 is 0 Å². The van der Waals surface area contributed by atoms with Gasteiger partial charge in [0.1, 0.15) is 23.4 Å². The zero-order valence-corrected chi connectivity index (χ0v) is 12.5. The summed E-state index contributed by atoms with van der Waals surface area (Å²) >= 11 is 0. The zero-order valence-electron chi connectivity index (χ0n) is 12.5. The van der Waals surface area contributed by atoms with Crippen molar-refractivity contribution in [1.29, 1.82) is 0 Å². The fraction of sp³-hybridized carbons (Fsp3) is 0.118. The molecule has 1 N–H and O–H groups in total. The molecule has 1 heterocycles. The molecule has 0 saturated carbocycles. The molecule has 0 aliphatic carbocycles. The van der Waals surface area contributed by atoms with E-state index in [-0.39, 0.29) is 11.1 Å². The molecule has 24 heavy (non-hydrogen) atoms. The number of halogens is 2. The van der Waals surface area contributed by atoms with Gasteiger partial charge in [0.05, 0.1) is 11.1 Å². The first-order valence-corrected chi connectivity index (χ1v) is 7.13. The monoisotopic (exact) mass is 330 g/mol. The van der Waals surface area contributed by atoms with E-state index in [4.69, 9.17) is 0 Å². The Hall–Kier alpha value is -3.09. The van der Waals surface area contributed by atoms with Crippen molar-refractivity contribution in [3.63, 3.8) is 0 Å². The largest absolute Gasteiger partial charge is 0.319 e. The van der Waals surface area contributed by atoms with Crippen molar-refractivity contribution in [2.75, 3.05) is 5.32 Å². The predicted molar refractivity (Wildman–Crippen MR) is 81.4 cm³/mol. The summed E-state index contributed by atoms with van der Waals surface area (Å²) in [7, 11) is 0. The van der Waals surface area contributed by atoms with Crippen molar-refractivity contribution in [3.8, 4) is 0 Å². The van der Waals surface area contributed by atoms with Gasteiger partial charge in [0, 0.05) is 0 Å². The maximum absolute atomic E-state index is 13.6. The average molecular weight is 330 g/mol. The molecule has 0 radical (unpaired) electrons. The number of benzene rings is 2. The second-order valence-corrected chi connectivity index (χ2v) is 5.29. The first kappa shape index (κ1) is 15.8. The van der Waals surface area contributed by atoms with Crippen LogP contribution in [0.3, 0.4) is 0 Å². The molecule has 2 aromatic rings. The summed E-state index contributed by atoms with van der Waals surface area (Å²) in [5.41, 5.74) is -0.232. The number of imide groups is 1. The Morgan fingerprint density at radius 3 is 1.96 bits per heavy atom. The average Bonchev–Trinajstić information content (AvgIpc) is 2.82. The molecule has 1 aliphatic rings. The third-order valence-electron chi connectivity index (χ3n) is 3.80. The van der Waals surface area contributed by atoms with E-state index < -0.39 is 41.1 Å². The fourth-order valence-electron chi connectivity index (χ4n) is 2.52. The minimum absolute atomic E-state index is 0.194. The Labute approximate surface area is 135 Å². The molecule has 122 valence electrons. The van der Waals surface area contributed by atoms with Gasteiger partial charge in [-0.05, 0) is 31.2 Å². The quantitative estimate of drug-likeness (QED) is 0.880. The van der Waals surface area contributed by atoms with E-state index in [0.29, 0.717) is 0 Å². The fourth-order valence-corrected chi connectivity index (χ4v) is 2.52. The highest BCUT2D eigenvalue weighted by atomic mass is 19.1. The lowest BCUT2D eigenvalue weighted by Gasteiger charge is -2.21. The Kier molecular flexibility index (Phi) is 3.84. The van der Waals surface area contributed by atoms with Crippen LogP contribution in [0.5, 0.6) is 0 Å². The van der Waals surface area contributed by atoms with E-state index in [9.17, 15) is 23.2 Å². The SMILES string of the molecule is CC(C(=O)Nc1c(F)cccc1F)N1C(=O)c2ccccc2C1=O. The van der Waals surface area contributed by atoms with Gasteiger partial charge < -0.3 is 5.32 Å². The van der Waals surface area contributed by atoms with Crippen molar-refractivity contribution in [2.24, 2.45) is 0 Å². The van der Waals surface area contributed by atoms with Crippen LogP contribution in [0.4, 0.5) is 14.5 Å². The molecule has 0 aromatic heterocycles. The topological polar surface area (TPSA) is 66.5 Å². The zero-order chi connectivity index (χ0) is 17.4. The summed E-state index contributed by atoms with van der Waals surface area (Å²) in [5.74, 6) is -4.00. The molecule has 5 nitrogen and oxygen atoms in total. The Balaban J connectivity index is 1.85. The smallest absolute Gasteiger partial charge is 0.262 e. The minimum Gasteiger partial charge on any atom is -0.319 e. The molecule has 1 aliphatic heterocycles. The lowest BCUT2D eigenvalue weighted by Crippen LogP contribution is -2.45. The number of nitrogens with one attached hydrogen (secondary N) is 1. The van der Waals surface area contributed by atoms with E-state index in [1.54, 1.807) is 12.1 Å². The van der Waals surface area contributed by atoms with Gasteiger partial charge in [0.15, 0.2) is 0 Å². The van der Waals surface area contributed by atoms with Crippen molar-refractivity contribution >= 4 is 23.4 Å². The number of nitrogens with zero attached hydrogens (tertiary/aromatic N) is 1. The van der Waals surface area contributed by atoms with Gasteiger partial charge in [0.2, 0.25) is 5.91 Å². The predicted octanol–water partition coefficient (Wildman–Crippen LogP) is 2.59. The number of carbonyl (C=O) groups excluding carboxylic acids is 3. The first-order chi connectivity index (χ1) is 11.4. The summed E-state index contributed by atoms with van der Waals surface area (Å²) < 4.78 is 27.2. The van der Waals surface area contributed by atoms with Crippen molar-refractivity contribution < 1.29 is 23.2 Å². The van der Waals surface area contributed by atoms with Crippen LogP contribution in [0.2, 0.25) is 0 Å². The van der Waals surface area contributed by atoms with E-state index in [1.165, 1.54) is 19.1 Å². The van der Waals surface area contributed by atoms with E-state index in [1.807, 2.05) is 0 Å². The number of fused-ring (bicyclic) bond motifs is 1. The lowest BCUT2D eigenvalue weighted by molar-refractivity contribution is -0.119. The number of hydrogen-bond donors (Lipinski definition) is 1. The molecule has 3 rings (SSSR count). The number of anilines is 1. The third kappa shape index (κ3) is 2.44. The van der Waals surface area contributed by atoms with Crippen LogP contribution < -0.4 is 5.32 Å². The van der Waals surface area contributed by atoms with E-state index in [2.05, 4.69) is 5.32 Å². The van der Waals surface area contributed by atoms with Gasteiger partial charge in [-0.15, -0.1) is 0 Å². The van der Waals surface area contributed by atoms with Gasteiger partial charge in [-0.1, -0.05) is 18.2 Å². The normalized spacial score (nSPS) is 14.5. The van der Waals surface area contributed by atoms with E-state index in [0.717, 1.165) is 23.1 Å². The van der Waals surface area contributed by atoms with Crippen LogP contribution in [-0.2, 0) is 4.79 Å². The second kappa shape index (κ2) is 5.84. The molecule has 0 spiro atoms. The Morgan fingerprint density at radius 2 is 1.46 bits per heavy atom. The minimum atomic E-state index is -1.23. The molecule has 0 bridgehead atoms. The maximum atomic E-state index is 13.6. The molecule has 0 fully saturated rings. The number of carbonyl (C=O) groups is 3. The van der Waals surface area contributed by atoms with Crippen molar-refractivity contribution in [1.82, 2.24) is 4.90 Å². The highest BCUT2D eigenvalue weighted by Gasteiger charge is 2.40. The first-order valence-electron chi connectivity index (χ1n) is 7.13. The van der Waals surface area contributed by atoms with E-state index >= 15 is 0 Å². The number of hydrogen-bond acceptors (Lipinski definition) is 3. The maximum Gasteiger partial charge on any atom is 0.262 e. The summed E-state index contributed by atoms with van der Waals surface area (Å²) in [5, 5.41) is 2.09. The van der Waals surface area contributed by atoms with Crippen molar-refractivity contribution in [3.05, 3.63) is 65.2 Å². The highest BCUT2D eigenvalue weighted by Crippen LogP contribution is 2.25. The van der Waals surface area contributed by atoms with Gasteiger partial charge in [-0.3, -0.25) is 19.3 Å². The van der Waals surface area contributed by atoms with Crippen LogP contribution in [0.1, 0.15) is 27.6 Å². The summed E-state index contributed by atoms with van der Waals surface area (Å²) in [6.45, 7) is 1.32. The van der Waals surface area contributed by atoms with Gasteiger partial charge in [-0.25, -0.2) is 8.78 Å². The summed E-state index contributed by atoms with van der Waals surface area (Å²) in [6.07, 6.45) is 0. The molecule has 0 saturated heterocycles. The molecule has 2 aromatic carbocycles. The molecular weight excluding hydrogens is 318 g/mol. The standard InChI is InChI=1S/C17H12F2N2O3/c1-9(15(22)20-14-12(18)7-4-8-13(14)19)21-16(23)10-5-2-3-6-11(10)17(21)24/h2-9H,1H3,(H,20,22). The molecule has 7 heteroatoms. The second-order valence-electron chi connectivity index (χ2n) is 5.29. The Bertz CT molecular complexity index is 811. The van der Waals surface area contributed by atoms with Crippen LogP contribution in [0.25, 0.3) is 0 Å². The summed E-state index contributed by atoms with van der Waals surface area (Å²) in [6, 6.07) is 8.09. The lowest BCUT2D eigenvalue weighted by atomic mass is 10.1. The van der Waals surface area contributed by atoms with Crippen LogP contribution in [0, 0.1) is 11.6 Å². The number of para-hydroxylation sites is 1.